The van der Waals surface area contributed by atoms with Gasteiger partial charge in [-0.2, -0.15) is 0 Å². The molecule has 1 aliphatic rings. The van der Waals surface area contributed by atoms with Gasteiger partial charge in [-0.15, -0.1) is 0 Å². The van der Waals surface area contributed by atoms with Gasteiger partial charge in [-0.3, -0.25) is 9.36 Å². The van der Waals surface area contributed by atoms with Gasteiger partial charge in [-0.25, -0.2) is 9.79 Å². The van der Waals surface area contributed by atoms with Crippen molar-refractivity contribution >= 4 is 58.2 Å². The number of carbonyl (C=O) groups excluding carboxylic acids is 1. The average Bonchev–Trinajstić information content (AvgIpc) is 3.28. The first-order chi connectivity index (χ1) is 21.1. The van der Waals surface area contributed by atoms with Crippen LogP contribution in [0, 0.1) is 6.92 Å². The number of nitrogens with zero attached hydrogens (tertiary/aromatic N) is 2. The topological polar surface area (TPSA) is 79.1 Å². The van der Waals surface area contributed by atoms with Gasteiger partial charge in [0.1, 0.15) is 6.61 Å². The predicted octanol–water partition coefficient (Wildman–Crippen LogP) is 7.04. The van der Waals surface area contributed by atoms with Crippen LogP contribution < -0.4 is 24.4 Å². The van der Waals surface area contributed by atoms with Crippen molar-refractivity contribution in [2.45, 2.75) is 40.3 Å². The van der Waals surface area contributed by atoms with Crippen LogP contribution in [0.25, 0.3) is 6.08 Å². The molecule has 0 radical (unpaired) electrons. The van der Waals surface area contributed by atoms with Gasteiger partial charge in [-0.05, 0) is 74.7 Å². The summed E-state index contributed by atoms with van der Waals surface area (Å²) in [7, 11) is 0. The van der Waals surface area contributed by atoms with Crippen molar-refractivity contribution in [2.24, 2.45) is 4.99 Å². The summed E-state index contributed by atoms with van der Waals surface area (Å²) >= 11 is 20.1. The molecular weight excluding hydrogens is 643 g/mol. The van der Waals surface area contributed by atoms with Crippen molar-refractivity contribution in [2.75, 3.05) is 13.2 Å². The highest BCUT2D eigenvalue weighted by Crippen LogP contribution is 2.38. The van der Waals surface area contributed by atoms with Gasteiger partial charge in [0, 0.05) is 0 Å². The molecule has 0 fully saturated rings. The molecule has 0 N–H and O–H groups in total. The van der Waals surface area contributed by atoms with E-state index in [1.807, 2.05) is 44.2 Å². The summed E-state index contributed by atoms with van der Waals surface area (Å²) in [6.07, 6.45) is 1.73. The van der Waals surface area contributed by atoms with E-state index in [0.717, 1.165) is 16.7 Å². The van der Waals surface area contributed by atoms with Gasteiger partial charge in [0.05, 0.1) is 50.1 Å². The number of rotatable bonds is 9. The zero-order valence-electron chi connectivity index (χ0n) is 24.4. The fourth-order valence-corrected chi connectivity index (χ4v) is 6.51. The molecule has 1 atom stereocenters. The van der Waals surface area contributed by atoms with E-state index in [1.54, 1.807) is 48.8 Å². The molecule has 0 unspecified atom stereocenters. The Labute approximate surface area is 273 Å². The van der Waals surface area contributed by atoms with Crippen molar-refractivity contribution < 1.29 is 19.0 Å². The van der Waals surface area contributed by atoms with E-state index < -0.39 is 12.0 Å². The average molecular weight is 672 g/mol. The maximum atomic E-state index is 14.0. The largest absolute Gasteiger partial charge is 0.490 e. The number of allylic oxidation sites excluding steroid dienone is 1. The molecule has 1 aromatic heterocycles. The monoisotopic (exact) mass is 670 g/mol. The molecule has 0 saturated carbocycles. The first-order valence-corrected chi connectivity index (χ1v) is 15.9. The van der Waals surface area contributed by atoms with E-state index >= 15 is 0 Å². The van der Waals surface area contributed by atoms with Crippen LogP contribution in [-0.4, -0.2) is 23.8 Å². The third-order valence-electron chi connectivity index (χ3n) is 6.91. The number of esters is 1. The van der Waals surface area contributed by atoms with Crippen LogP contribution in [0.15, 0.2) is 75.7 Å². The standard InChI is InChI=1S/C33H29Cl3N2O5S/c1-5-41-26-15-21(14-25(36)30(26)43-17-20-9-12-23(34)24(35)13-20)16-27-31(39)38-29(22-10-7-18(3)8-11-22)28(32(40)42-6-2)19(4)37-33(38)44-27/h7-16,29H,5-6,17H2,1-4H3/b27-16+/t29-/m0/s1. The Morgan fingerprint density at radius 3 is 2.39 bits per heavy atom. The van der Waals surface area contributed by atoms with Crippen LogP contribution in [0.5, 0.6) is 11.5 Å². The molecule has 0 amide bonds. The molecule has 11 heteroatoms. The minimum absolute atomic E-state index is 0.190. The first-order valence-electron chi connectivity index (χ1n) is 13.9. The van der Waals surface area contributed by atoms with Gasteiger partial charge >= 0.3 is 5.97 Å². The third-order valence-corrected chi connectivity index (χ3v) is 8.91. The van der Waals surface area contributed by atoms with Gasteiger partial charge in [-0.1, -0.05) is 82.0 Å². The number of carbonyl (C=O) groups is 1. The van der Waals surface area contributed by atoms with Gasteiger partial charge < -0.3 is 14.2 Å². The summed E-state index contributed by atoms with van der Waals surface area (Å²) in [5.74, 6) is 0.294. The van der Waals surface area contributed by atoms with Crippen LogP contribution in [0.1, 0.15) is 49.1 Å². The van der Waals surface area contributed by atoms with Crippen molar-refractivity contribution in [1.82, 2.24) is 4.57 Å². The molecule has 228 valence electrons. The molecule has 3 aromatic carbocycles. The smallest absolute Gasteiger partial charge is 0.338 e. The predicted molar refractivity (Wildman–Crippen MR) is 175 cm³/mol. The number of benzene rings is 3. The number of ether oxygens (including phenoxy) is 3. The zero-order valence-corrected chi connectivity index (χ0v) is 27.5. The summed E-state index contributed by atoms with van der Waals surface area (Å²) in [6, 6.07) is 15.8. The normalized spacial score (nSPS) is 14.7. The number of hydrogen-bond acceptors (Lipinski definition) is 7. The number of fused-ring (bicyclic) bond motifs is 1. The number of thiazole rings is 1. The first kappa shape index (κ1) is 31.9. The Morgan fingerprint density at radius 2 is 1.70 bits per heavy atom. The Hall–Kier alpha value is -3.56. The highest BCUT2D eigenvalue weighted by atomic mass is 35.5. The molecule has 2 heterocycles. The van der Waals surface area contributed by atoms with Gasteiger partial charge in [0.15, 0.2) is 16.3 Å². The summed E-state index contributed by atoms with van der Waals surface area (Å²) in [5, 5.41) is 1.19. The lowest BCUT2D eigenvalue weighted by Crippen LogP contribution is -2.39. The van der Waals surface area contributed by atoms with E-state index in [1.165, 1.54) is 11.3 Å². The molecule has 0 spiro atoms. The number of hydrogen-bond donors (Lipinski definition) is 0. The maximum Gasteiger partial charge on any atom is 0.338 e. The summed E-state index contributed by atoms with van der Waals surface area (Å²) in [6.45, 7) is 8.11. The second-order valence-corrected chi connectivity index (χ2v) is 12.2. The minimum atomic E-state index is -0.687. The molecule has 5 rings (SSSR count). The van der Waals surface area contributed by atoms with E-state index in [2.05, 4.69) is 4.99 Å². The van der Waals surface area contributed by atoms with Crippen molar-refractivity contribution in [3.63, 3.8) is 0 Å². The molecule has 44 heavy (non-hydrogen) atoms. The maximum absolute atomic E-state index is 14.0. The number of aromatic nitrogens is 1. The highest BCUT2D eigenvalue weighted by molar-refractivity contribution is 7.07. The molecular formula is C33H29Cl3N2O5S. The second-order valence-electron chi connectivity index (χ2n) is 10.0. The molecule has 1 aliphatic heterocycles. The Morgan fingerprint density at radius 1 is 0.955 bits per heavy atom. The second kappa shape index (κ2) is 13.6. The van der Waals surface area contributed by atoms with E-state index in [0.29, 0.717) is 59.3 Å². The van der Waals surface area contributed by atoms with Crippen LogP contribution in [0.3, 0.4) is 0 Å². The van der Waals surface area contributed by atoms with Crippen molar-refractivity contribution in [3.8, 4) is 11.5 Å². The lowest BCUT2D eigenvalue weighted by atomic mass is 9.95. The van der Waals surface area contributed by atoms with Crippen LogP contribution >= 0.6 is 46.1 Å². The SMILES string of the molecule is CCOC(=O)C1=C(C)N=c2s/c(=C/c3cc(Cl)c(OCc4ccc(Cl)c(Cl)c4)c(OCC)c3)c(=O)n2[C@H]1c1ccc(C)cc1. The van der Waals surface area contributed by atoms with E-state index in [4.69, 9.17) is 49.0 Å². The highest BCUT2D eigenvalue weighted by Gasteiger charge is 2.33. The lowest BCUT2D eigenvalue weighted by Gasteiger charge is -2.24. The number of halogens is 3. The Bertz CT molecular complexity index is 1950. The van der Waals surface area contributed by atoms with Crippen LogP contribution in [0.2, 0.25) is 15.1 Å². The summed E-state index contributed by atoms with van der Waals surface area (Å²) in [4.78, 5) is 32.2. The van der Waals surface area contributed by atoms with E-state index in [9.17, 15) is 9.59 Å². The fourth-order valence-electron chi connectivity index (χ4n) is 4.87. The molecule has 4 aromatic rings. The minimum Gasteiger partial charge on any atom is -0.490 e. The lowest BCUT2D eigenvalue weighted by molar-refractivity contribution is -0.139. The molecule has 0 aliphatic carbocycles. The van der Waals surface area contributed by atoms with Crippen molar-refractivity contribution in [3.05, 3.63) is 123 Å². The summed E-state index contributed by atoms with van der Waals surface area (Å²) < 4.78 is 19.3. The van der Waals surface area contributed by atoms with Crippen molar-refractivity contribution in [1.29, 1.82) is 0 Å². The molecule has 0 bridgehead atoms. The van der Waals surface area contributed by atoms with E-state index in [-0.39, 0.29) is 18.8 Å². The van der Waals surface area contributed by atoms with Gasteiger partial charge in [0.25, 0.3) is 5.56 Å². The zero-order chi connectivity index (χ0) is 31.5. The third kappa shape index (κ3) is 6.59. The van der Waals surface area contributed by atoms with Crippen LogP contribution in [0.4, 0.5) is 0 Å². The van der Waals surface area contributed by atoms with Crippen LogP contribution in [-0.2, 0) is 16.1 Å². The Balaban J connectivity index is 1.57. The summed E-state index contributed by atoms with van der Waals surface area (Å²) in [5.41, 5.74) is 3.84. The molecule has 0 saturated heterocycles. The Kier molecular flexibility index (Phi) is 9.85. The number of aryl methyl sites for hydroxylation is 1. The quantitative estimate of drug-likeness (QED) is 0.178. The van der Waals surface area contributed by atoms with Gasteiger partial charge in [0.2, 0.25) is 0 Å². The fraction of sp³-hybridized carbons (Fsp3) is 0.242. The molecule has 7 nitrogen and oxygen atoms in total.